The summed E-state index contributed by atoms with van der Waals surface area (Å²) >= 11 is 0. The van der Waals surface area contributed by atoms with Crippen molar-refractivity contribution in [3.63, 3.8) is 0 Å². The molecule has 2 fully saturated rings. The molecule has 1 heteroatoms. The normalized spacial score (nSPS) is 30.6. The Morgan fingerprint density at radius 2 is 1.44 bits per heavy atom. The van der Waals surface area contributed by atoms with Gasteiger partial charge in [0, 0.05) is 12.1 Å². The van der Waals surface area contributed by atoms with E-state index in [1.807, 2.05) is 0 Å². The molecule has 1 aliphatic carbocycles. The van der Waals surface area contributed by atoms with Crippen molar-refractivity contribution in [1.29, 1.82) is 0 Å². The first-order valence-electron chi connectivity index (χ1n) is 7.32. The SMILES string of the molecule is CC(C)(C)N1CCCC(C2CCCCC2)C1. The molecule has 0 radical (unpaired) electrons. The van der Waals surface area contributed by atoms with Gasteiger partial charge in [-0.3, -0.25) is 4.90 Å². The molecule has 1 heterocycles. The molecule has 0 amide bonds. The number of likely N-dealkylation sites (tertiary alicyclic amines) is 1. The summed E-state index contributed by atoms with van der Waals surface area (Å²) in [5, 5.41) is 0. The van der Waals surface area contributed by atoms with Gasteiger partial charge in [-0.15, -0.1) is 0 Å². The van der Waals surface area contributed by atoms with Crippen molar-refractivity contribution in [2.45, 2.75) is 71.3 Å². The second kappa shape index (κ2) is 5.08. The fourth-order valence-corrected chi connectivity index (χ4v) is 3.61. The molecule has 1 saturated heterocycles. The highest BCUT2D eigenvalue weighted by Gasteiger charge is 2.32. The maximum absolute atomic E-state index is 2.72. The molecule has 0 aromatic carbocycles. The highest BCUT2D eigenvalue weighted by molar-refractivity contribution is 4.86. The van der Waals surface area contributed by atoms with Crippen LogP contribution in [0.1, 0.15) is 65.7 Å². The minimum absolute atomic E-state index is 0.382. The molecule has 16 heavy (non-hydrogen) atoms. The van der Waals surface area contributed by atoms with Crippen LogP contribution in [0.4, 0.5) is 0 Å². The zero-order chi connectivity index (χ0) is 11.6. The molecule has 1 aliphatic heterocycles. The first-order valence-corrected chi connectivity index (χ1v) is 7.32. The van der Waals surface area contributed by atoms with Crippen LogP contribution >= 0.6 is 0 Å². The number of nitrogens with zero attached hydrogens (tertiary/aromatic N) is 1. The first kappa shape index (κ1) is 12.4. The smallest absolute Gasteiger partial charge is 0.0125 e. The molecule has 0 aromatic rings. The summed E-state index contributed by atoms with van der Waals surface area (Å²) in [7, 11) is 0. The van der Waals surface area contributed by atoms with Crippen LogP contribution in [-0.2, 0) is 0 Å². The van der Waals surface area contributed by atoms with Crippen molar-refractivity contribution in [3.05, 3.63) is 0 Å². The van der Waals surface area contributed by atoms with Gasteiger partial charge in [0.05, 0.1) is 0 Å². The molecule has 0 N–H and O–H groups in total. The standard InChI is InChI=1S/C15H29N/c1-15(2,3)16-11-7-10-14(12-16)13-8-5-4-6-9-13/h13-14H,4-12H2,1-3H3. The summed E-state index contributed by atoms with van der Waals surface area (Å²) in [5.74, 6) is 2.06. The van der Waals surface area contributed by atoms with E-state index >= 15 is 0 Å². The molecule has 94 valence electrons. The van der Waals surface area contributed by atoms with Crippen molar-refractivity contribution in [2.75, 3.05) is 13.1 Å². The molecule has 0 aromatic heterocycles. The third-order valence-corrected chi connectivity index (χ3v) is 4.72. The van der Waals surface area contributed by atoms with E-state index in [0.717, 1.165) is 11.8 Å². The third kappa shape index (κ3) is 3.00. The maximum atomic E-state index is 2.72. The Balaban J connectivity index is 1.90. The number of hydrogen-bond donors (Lipinski definition) is 0. The summed E-state index contributed by atoms with van der Waals surface area (Å²) in [6.45, 7) is 9.81. The fourth-order valence-electron chi connectivity index (χ4n) is 3.61. The monoisotopic (exact) mass is 223 g/mol. The Bertz CT molecular complexity index is 210. The lowest BCUT2D eigenvalue weighted by atomic mass is 9.76. The lowest BCUT2D eigenvalue weighted by molar-refractivity contribution is 0.0496. The van der Waals surface area contributed by atoms with Crippen LogP contribution < -0.4 is 0 Å². The lowest BCUT2D eigenvalue weighted by Gasteiger charge is -2.44. The Morgan fingerprint density at radius 1 is 0.812 bits per heavy atom. The van der Waals surface area contributed by atoms with Crippen LogP contribution in [0.5, 0.6) is 0 Å². The van der Waals surface area contributed by atoms with Crippen molar-refractivity contribution < 1.29 is 0 Å². The highest BCUT2D eigenvalue weighted by atomic mass is 15.2. The molecule has 1 saturated carbocycles. The summed E-state index contributed by atoms with van der Waals surface area (Å²) in [6.07, 6.45) is 10.4. The van der Waals surface area contributed by atoms with Crippen LogP contribution in [0.25, 0.3) is 0 Å². The number of piperidine rings is 1. The third-order valence-electron chi connectivity index (χ3n) is 4.72. The molecule has 2 aliphatic rings. The predicted molar refractivity (Wildman–Crippen MR) is 70.6 cm³/mol. The molecule has 0 spiro atoms. The van der Waals surface area contributed by atoms with Gasteiger partial charge in [0.15, 0.2) is 0 Å². The highest BCUT2D eigenvalue weighted by Crippen LogP contribution is 2.36. The molecule has 1 nitrogen and oxygen atoms in total. The van der Waals surface area contributed by atoms with Gasteiger partial charge in [0.25, 0.3) is 0 Å². The molecular formula is C15H29N. The van der Waals surface area contributed by atoms with Crippen molar-refractivity contribution >= 4 is 0 Å². The number of rotatable bonds is 1. The summed E-state index contributed by atoms with van der Waals surface area (Å²) in [5.41, 5.74) is 0.382. The Labute approximate surface area is 102 Å². The van der Waals surface area contributed by atoms with E-state index in [1.165, 1.54) is 58.0 Å². The molecule has 2 rings (SSSR count). The second-order valence-corrected chi connectivity index (χ2v) is 6.92. The Kier molecular flexibility index (Phi) is 3.94. The first-order chi connectivity index (χ1) is 7.57. The Hall–Kier alpha value is -0.0400. The van der Waals surface area contributed by atoms with Gasteiger partial charge in [-0.2, -0.15) is 0 Å². The van der Waals surface area contributed by atoms with E-state index in [2.05, 4.69) is 25.7 Å². The minimum Gasteiger partial charge on any atom is -0.298 e. The van der Waals surface area contributed by atoms with Crippen molar-refractivity contribution in [1.82, 2.24) is 4.90 Å². The fraction of sp³-hybridized carbons (Fsp3) is 1.00. The van der Waals surface area contributed by atoms with Crippen LogP contribution in [0.2, 0.25) is 0 Å². The quantitative estimate of drug-likeness (QED) is 0.647. The average Bonchev–Trinajstić information content (AvgIpc) is 2.29. The van der Waals surface area contributed by atoms with Gasteiger partial charge < -0.3 is 0 Å². The van der Waals surface area contributed by atoms with Gasteiger partial charge in [-0.05, 0) is 52.0 Å². The van der Waals surface area contributed by atoms with Gasteiger partial charge in [-0.25, -0.2) is 0 Å². The van der Waals surface area contributed by atoms with Gasteiger partial charge in [0.2, 0.25) is 0 Å². The summed E-state index contributed by atoms with van der Waals surface area (Å²) < 4.78 is 0. The molecule has 1 atom stereocenters. The summed E-state index contributed by atoms with van der Waals surface area (Å²) in [4.78, 5) is 2.72. The van der Waals surface area contributed by atoms with Crippen LogP contribution in [0.3, 0.4) is 0 Å². The van der Waals surface area contributed by atoms with Crippen molar-refractivity contribution in [2.24, 2.45) is 11.8 Å². The van der Waals surface area contributed by atoms with Crippen LogP contribution in [0, 0.1) is 11.8 Å². The zero-order valence-electron chi connectivity index (χ0n) is 11.5. The van der Waals surface area contributed by atoms with Crippen molar-refractivity contribution in [3.8, 4) is 0 Å². The van der Waals surface area contributed by atoms with Gasteiger partial charge in [-0.1, -0.05) is 32.1 Å². The van der Waals surface area contributed by atoms with Crippen LogP contribution in [0.15, 0.2) is 0 Å². The maximum Gasteiger partial charge on any atom is 0.0125 e. The van der Waals surface area contributed by atoms with E-state index in [-0.39, 0.29) is 0 Å². The summed E-state index contributed by atoms with van der Waals surface area (Å²) in [6, 6.07) is 0. The van der Waals surface area contributed by atoms with E-state index in [1.54, 1.807) is 0 Å². The number of hydrogen-bond acceptors (Lipinski definition) is 1. The van der Waals surface area contributed by atoms with E-state index < -0.39 is 0 Å². The van der Waals surface area contributed by atoms with E-state index in [4.69, 9.17) is 0 Å². The van der Waals surface area contributed by atoms with Gasteiger partial charge >= 0.3 is 0 Å². The largest absolute Gasteiger partial charge is 0.298 e. The molecule has 0 bridgehead atoms. The van der Waals surface area contributed by atoms with Crippen LogP contribution in [-0.4, -0.2) is 23.5 Å². The lowest BCUT2D eigenvalue weighted by Crippen LogP contribution is -2.48. The predicted octanol–water partition coefficient (Wildman–Crippen LogP) is 4.08. The molecule has 1 unspecified atom stereocenters. The average molecular weight is 223 g/mol. The minimum atomic E-state index is 0.382. The molecular weight excluding hydrogens is 194 g/mol. The van der Waals surface area contributed by atoms with Gasteiger partial charge in [0.1, 0.15) is 0 Å². The zero-order valence-corrected chi connectivity index (χ0v) is 11.5. The van der Waals surface area contributed by atoms with E-state index in [0.29, 0.717) is 5.54 Å². The van der Waals surface area contributed by atoms with E-state index in [9.17, 15) is 0 Å². The second-order valence-electron chi connectivity index (χ2n) is 6.92. The topological polar surface area (TPSA) is 3.24 Å². The Morgan fingerprint density at radius 3 is 2.06 bits per heavy atom.